The second kappa shape index (κ2) is 11.9. The molecule has 0 saturated carbocycles. The van der Waals surface area contributed by atoms with Crippen LogP contribution in [0.2, 0.25) is 19.1 Å². The van der Waals surface area contributed by atoms with E-state index in [2.05, 4.69) is 20.0 Å². The summed E-state index contributed by atoms with van der Waals surface area (Å²) in [4.78, 5) is 0. The zero-order valence-corrected chi connectivity index (χ0v) is 12.2. The Bertz CT molecular complexity index is 74.2. The summed E-state index contributed by atoms with van der Waals surface area (Å²) in [5.74, 6) is 0. The van der Waals surface area contributed by atoms with E-state index < -0.39 is 0 Å². The van der Waals surface area contributed by atoms with Crippen LogP contribution in [-0.2, 0) is 0 Å². The first-order valence-corrected chi connectivity index (χ1v) is 7.77. The van der Waals surface area contributed by atoms with E-state index in [1.54, 1.807) is 0 Å². The third kappa shape index (κ3) is 13.5. The fraction of sp³-hybridized carbons (Fsp3) is 1.00. The molecule has 0 aliphatic rings. The summed E-state index contributed by atoms with van der Waals surface area (Å²) in [6.07, 6.45) is 8.72. The van der Waals surface area contributed by atoms with Crippen LogP contribution in [0.3, 0.4) is 0 Å². The number of hydrogen-bond donors (Lipinski definition) is 0. The largest absolute Gasteiger partial charge is 0.107 e. The second-order valence-electron chi connectivity index (χ2n) is 3.72. The van der Waals surface area contributed by atoms with E-state index in [0.29, 0.717) is 0 Å². The predicted molar refractivity (Wildman–Crippen MR) is 71.1 cm³/mol. The van der Waals surface area contributed by atoms with Gasteiger partial charge in [0.25, 0.3) is 0 Å². The number of halogens is 1. The molecule has 0 spiro atoms. The molecule has 0 heterocycles. The molecule has 0 aromatic rings. The van der Waals surface area contributed by atoms with Crippen LogP contribution < -0.4 is 0 Å². The Morgan fingerprint density at radius 2 is 1.33 bits per heavy atom. The van der Waals surface area contributed by atoms with Gasteiger partial charge in [0, 0.05) is 8.80 Å². The lowest BCUT2D eigenvalue weighted by Crippen LogP contribution is -1.97. The minimum atomic E-state index is 0. The van der Waals surface area contributed by atoms with Gasteiger partial charge in [-0.05, 0) is 0 Å². The minimum absolute atomic E-state index is 0. The Hall–Kier alpha value is 0.947. The van der Waals surface area contributed by atoms with E-state index in [0.717, 1.165) is 0 Å². The molecule has 0 N–H and O–H groups in total. The Morgan fingerprint density at radius 3 is 1.83 bits per heavy atom. The van der Waals surface area contributed by atoms with Crippen LogP contribution in [0, 0.1) is 0 Å². The fourth-order valence-corrected chi connectivity index (χ4v) is 2.22. The average molecular weight is 299 g/mol. The van der Waals surface area contributed by atoms with Gasteiger partial charge in [0.15, 0.2) is 0 Å². The monoisotopic (exact) mass is 299 g/mol. The molecule has 0 fully saturated rings. The summed E-state index contributed by atoms with van der Waals surface area (Å²) in [7, 11) is 0.0728. The van der Waals surface area contributed by atoms with Gasteiger partial charge in [0.05, 0.1) is 0 Å². The lowest BCUT2D eigenvalue weighted by atomic mass is 10.1. The molecule has 0 atom stereocenters. The van der Waals surface area contributed by atoms with Gasteiger partial charge in [0.1, 0.15) is 0 Å². The highest BCUT2D eigenvalue weighted by Crippen LogP contribution is 2.08. The molecular formula is C10H24ISi. The van der Waals surface area contributed by atoms with E-state index in [1.165, 1.54) is 44.6 Å². The van der Waals surface area contributed by atoms with Gasteiger partial charge in [-0.1, -0.05) is 64.6 Å². The van der Waals surface area contributed by atoms with Crippen LogP contribution in [0.25, 0.3) is 0 Å². The Balaban J connectivity index is 0. The topological polar surface area (TPSA) is 0 Å². The molecule has 1 radical (unpaired) electrons. The Kier molecular flexibility index (Phi) is 15.4. The van der Waals surface area contributed by atoms with E-state index >= 15 is 0 Å². The van der Waals surface area contributed by atoms with Crippen molar-refractivity contribution >= 4 is 32.8 Å². The Morgan fingerprint density at radius 1 is 0.833 bits per heavy atom. The summed E-state index contributed by atoms with van der Waals surface area (Å²) >= 11 is 0. The average Bonchev–Trinajstić information content (AvgIpc) is 1.96. The zero-order chi connectivity index (χ0) is 8.53. The third-order valence-corrected chi connectivity index (χ3v) is 3.38. The molecule has 0 rings (SSSR count). The van der Waals surface area contributed by atoms with Crippen molar-refractivity contribution in [3.8, 4) is 0 Å². The van der Waals surface area contributed by atoms with Crippen molar-refractivity contribution in [1.29, 1.82) is 0 Å². The third-order valence-electron chi connectivity index (χ3n) is 2.03. The maximum Gasteiger partial charge on any atom is 0.0412 e. The van der Waals surface area contributed by atoms with Gasteiger partial charge in [-0.25, -0.2) is 0 Å². The molecule has 0 aromatic carbocycles. The number of hydrogen-bond acceptors (Lipinski definition) is 0. The molecule has 0 amide bonds. The van der Waals surface area contributed by atoms with Crippen molar-refractivity contribution in [2.24, 2.45) is 0 Å². The van der Waals surface area contributed by atoms with Gasteiger partial charge < -0.3 is 0 Å². The summed E-state index contributed by atoms with van der Waals surface area (Å²) in [5, 5.41) is 0. The zero-order valence-electron chi connectivity index (χ0n) is 8.86. The van der Waals surface area contributed by atoms with Gasteiger partial charge in [-0.2, -0.15) is 0 Å². The molecule has 0 nitrogen and oxygen atoms in total. The summed E-state index contributed by atoms with van der Waals surface area (Å²) in [6, 6.07) is 1.52. The van der Waals surface area contributed by atoms with Crippen LogP contribution in [-0.4, -0.2) is 8.80 Å². The molecule has 0 bridgehead atoms. The minimum Gasteiger partial charge on any atom is -0.107 e. The first-order chi connectivity index (χ1) is 5.27. The van der Waals surface area contributed by atoms with Crippen LogP contribution in [0.4, 0.5) is 0 Å². The maximum atomic E-state index is 2.41. The summed E-state index contributed by atoms with van der Waals surface area (Å²) < 4.78 is 0. The molecule has 0 aliphatic carbocycles. The molecule has 0 unspecified atom stereocenters. The van der Waals surface area contributed by atoms with Crippen LogP contribution in [0.1, 0.15) is 45.4 Å². The highest BCUT2D eigenvalue weighted by atomic mass is 127. The predicted octanol–water partition coefficient (Wildman–Crippen LogP) is 4.72. The molecule has 0 aromatic heterocycles. The number of unbranched alkanes of at least 4 members (excludes halogenated alkanes) is 5. The molecule has 2 heteroatoms. The van der Waals surface area contributed by atoms with Crippen molar-refractivity contribution in [3.63, 3.8) is 0 Å². The second-order valence-corrected chi connectivity index (χ2v) is 6.64. The lowest BCUT2D eigenvalue weighted by molar-refractivity contribution is 0.623. The molecule has 12 heavy (non-hydrogen) atoms. The molecule has 0 saturated heterocycles. The van der Waals surface area contributed by atoms with Crippen molar-refractivity contribution in [2.75, 3.05) is 0 Å². The van der Waals surface area contributed by atoms with E-state index in [9.17, 15) is 0 Å². The summed E-state index contributed by atoms with van der Waals surface area (Å²) in [6.45, 7) is 7.10. The van der Waals surface area contributed by atoms with Crippen LogP contribution in [0.5, 0.6) is 0 Å². The maximum absolute atomic E-state index is 2.41. The van der Waals surface area contributed by atoms with E-state index in [4.69, 9.17) is 0 Å². The van der Waals surface area contributed by atoms with E-state index in [1.807, 2.05) is 0 Å². The van der Waals surface area contributed by atoms with Crippen molar-refractivity contribution < 1.29 is 0 Å². The highest BCUT2D eigenvalue weighted by Gasteiger charge is 1.94. The number of rotatable bonds is 7. The van der Waals surface area contributed by atoms with Crippen molar-refractivity contribution in [1.82, 2.24) is 0 Å². The van der Waals surface area contributed by atoms with Gasteiger partial charge in [0.2, 0.25) is 0 Å². The highest BCUT2D eigenvalue weighted by molar-refractivity contribution is 14.0. The first kappa shape index (κ1) is 15.4. The van der Waals surface area contributed by atoms with Gasteiger partial charge in [-0.3, -0.25) is 0 Å². The lowest BCUT2D eigenvalue weighted by Gasteiger charge is -2.01. The van der Waals surface area contributed by atoms with Crippen LogP contribution >= 0.6 is 24.0 Å². The first-order valence-electron chi connectivity index (χ1n) is 5.06. The fourth-order valence-electron chi connectivity index (χ4n) is 1.26. The van der Waals surface area contributed by atoms with Crippen LogP contribution in [0.15, 0.2) is 0 Å². The van der Waals surface area contributed by atoms with Gasteiger partial charge >= 0.3 is 0 Å². The molecule has 0 aliphatic heterocycles. The standard InChI is InChI=1S/C10H23Si.HI/c1-4-5-6-7-8-9-10-11(2)3;/h4-10H2,1-3H3;1H. The summed E-state index contributed by atoms with van der Waals surface area (Å²) in [5.41, 5.74) is 0. The van der Waals surface area contributed by atoms with Gasteiger partial charge in [-0.15, -0.1) is 24.0 Å². The molecular weight excluding hydrogens is 275 g/mol. The SMILES string of the molecule is CCCCCCCC[Si](C)C.I. The Labute approximate surface area is 97.1 Å². The van der Waals surface area contributed by atoms with Crippen molar-refractivity contribution in [2.45, 2.75) is 64.6 Å². The molecule has 75 valence electrons. The van der Waals surface area contributed by atoms with Crippen molar-refractivity contribution in [3.05, 3.63) is 0 Å². The van der Waals surface area contributed by atoms with E-state index in [-0.39, 0.29) is 32.8 Å². The smallest absolute Gasteiger partial charge is 0.0412 e. The quantitative estimate of drug-likeness (QED) is 0.362. The normalized spacial score (nSPS) is 10.0.